The van der Waals surface area contributed by atoms with Crippen LogP contribution in [0.15, 0.2) is 78.7 Å². The van der Waals surface area contributed by atoms with Crippen LogP contribution in [0.25, 0.3) is 0 Å². The van der Waals surface area contributed by atoms with Crippen LogP contribution < -0.4 is 4.74 Å². The van der Waals surface area contributed by atoms with E-state index in [1.165, 1.54) is 37.5 Å². The molecule has 0 fully saturated rings. The first-order chi connectivity index (χ1) is 12.2. The lowest BCUT2D eigenvalue weighted by atomic mass is 9.84. The van der Waals surface area contributed by atoms with Gasteiger partial charge in [-0.05, 0) is 35.4 Å². The van der Waals surface area contributed by atoms with Crippen molar-refractivity contribution in [1.29, 1.82) is 0 Å². The molecule has 0 N–H and O–H groups in total. The maximum atomic E-state index is 15.3. The average molecular weight is 376 g/mol. The number of halogens is 2. The summed E-state index contributed by atoms with van der Waals surface area (Å²) in [5.41, 5.74) is -2.09. The van der Waals surface area contributed by atoms with Gasteiger partial charge < -0.3 is 4.74 Å². The molecule has 0 saturated carbocycles. The first-order valence-corrected chi connectivity index (χ1v) is 9.80. The summed E-state index contributed by atoms with van der Waals surface area (Å²) in [5, 5.41) is 0. The summed E-state index contributed by atoms with van der Waals surface area (Å²) in [6.07, 6.45) is 4.03. The monoisotopic (exact) mass is 376 g/mol. The molecular weight excluding hydrogens is 358 g/mol. The molecule has 2 atom stereocenters. The minimum Gasteiger partial charge on any atom is -0.497 e. The van der Waals surface area contributed by atoms with Crippen molar-refractivity contribution in [3.8, 4) is 5.75 Å². The molecule has 0 amide bonds. The molecule has 0 heterocycles. The zero-order valence-corrected chi connectivity index (χ0v) is 15.1. The van der Waals surface area contributed by atoms with E-state index in [-0.39, 0.29) is 5.56 Å². The van der Waals surface area contributed by atoms with Gasteiger partial charge in [0.2, 0.25) is 5.67 Å². The van der Waals surface area contributed by atoms with E-state index in [0.717, 1.165) is 18.4 Å². The van der Waals surface area contributed by atoms with Gasteiger partial charge in [-0.1, -0.05) is 48.5 Å². The van der Waals surface area contributed by atoms with Gasteiger partial charge in [0, 0.05) is 6.26 Å². The molecule has 2 aromatic rings. The number of sulfone groups is 1. The Bertz CT molecular complexity index is 966. The van der Waals surface area contributed by atoms with Crippen LogP contribution in [-0.2, 0) is 20.3 Å². The van der Waals surface area contributed by atoms with Crippen LogP contribution in [-0.4, -0.2) is 21.8 Å². The predicted octanol–water partition coefficient (Wildman–Crippen LogP) is 4.22. The van der Waals surface area contributed by atoms with E-state index in [1.807, 2.05) is 0 Å². The standard InChI is InChI=1S/C20H18F2O3S/c1-25-17-10-8-15(9-11-17)19(26(2,23)24)12-13-20(22,18(21)14-19)16-6-4-3-5-7-16/h3-14H,1-2H3. The maximum absolute atomic E-state index is 15.3. The fourth-order valence-electron chi connectivity index (χ4n) is 3.05. The molecule has 2 unspecified atom stereocenters. The van der Waals surface area contributed by atoms with Crippen LogP contribution in [0.1, 0.15) is 11.1 Å². The Hall–Kier alpha value is -2.47. The van der Waals surface area contributed by atoms with Crippen LogP contribution in [0.5, 0.6) is 5.75 Å². The first kappa shape index (κ1) is 18.3. The third-order valence-corrected chi connectivity index (χ3v) is 6.31. The smallest absolute Gasteiger partial charge is 0.205 e. The second-order valence-corrected chi connectivity index (χ2v) is 8.42. The molecule has 0 radical (unpaired) electrons. The Kier molecular flexibility index (Phi) is 4.48. The number of allylic oxidation sites excluding steroid dienone is 2. The Morgan fingerprint density at radius 1 is 0.923 bits per heavy atom. The van der Waals surface area contributed by atoms with Crippen molar-refractivity contribution in [2.75, 3.05) is 13.4 Å². The summed E-state index contributed by atoms with van der Waals surface area (Å²) in [7, 11) is -2.35. The Morgan fingerprint density at radius 2 is 1.54 bits per heavy atom. The average Bonchev–Trinajstić information content (AvgIpc) is 2.64. The Labute approximate surface area is 151 Å². The molecular formula is C20H18F2O3S. The molecule has 0 aliphatic heterocycles. The highest BCUT2D eigenvalue weighted by atomic mass is 32.2. The van der Waals surface area contributed by atoms with Crippen LogP contribution in [0, 0.1) is 0 Å². The molecule has 0 aromatic heterocycles. The van der Waals surface area contributed by atoms with Gasteiger partial charge in [-0.15, -0.1) is 0 Å². The van der Waals surface area contributed by atoms with Gasteiger partial charge in [-0.2, -0.15) is 0 Å². The van der Waals surface area contributed by atoms with Gasteiger partial charge in [-0.3, -0.25) is 0 Å². The van der Waals surface area contributed by atoms with E-state index in [4.69, 9.17) is 4.74 Å². The number of alkyl halides is 1. The van der Waals surface area contributed by atoms with E-state index in [9.17, 15) is 12.8 Å². The van der Waals surface area contributed by atoms with Crippen LogP contribution in [0.4, 0.5) is 8.78 Å². The number of ether oxygens (including phenoxy) is 1. The predicted molar refractivity (Wildman–Crippen MR) is 97.1 cm³/mol. The molecule has 6 heteroatoms. The molecule has 136 valence electrons. The highest BCUT2D eigenvalue weighted by Crippen LogP contribution is 2.47. The summed E-state index contributed by atoms with van der Waals surface area (Å²) in [4.78, 5) is 0. The van der Waals surface area contributed by atoms with E-state index >= 15 is 4.39 Å². The molecule has 2 aromatic carbocycles. The number of rotatable bonds is 4. The second kappa shape index (κ2) is 6.36. The van der Waals surface area contributed by atoms with Crippen LogP contribution in [0.3, 0.4) is 0 Å². The van der Waals surface area contributed by atoms with Gasteiger partial charge in [0.25, 0.3) is 0 Å². The van der Waals surface area contributed by atoms with E-state index in [0.29, 0.717) is 11.3 Å². The highest BCUT2D eigenvalue weighted by Gasteiger charge is 2.47. The second-order valence-electron chi connectivity index (χ2n) is 6.20. The number of methoxy groups -OCH3 is 1. The van der Waals surface area contributed by atoms with Gasteiger partial charge in [0.1, 0.15) is 16.3 Å². The molecule has 3 rings (SSSR count). The lowest BCUT2D eigenvalue weighted by Gasteiger charge is -2.33. The van der Waals surface area contributed by atoms with Crippen molar-refractivity contribution >= 4 is 9.84 Å². The Balaban J connectivity index is 2.16. The lowest BCUT2D eigenvalue weighted by Crippen LogP contribution is -2.36. The summed E-state index contributed by atoms with van der Waals surface area (Å²) in [6, 6.07) is 14.0. The molecule has 0 saturated heterocycles. The largest absolute Gasteiger partial charge is 0.497 e. The van der Waals surface area contributed by atoms with Crippen LogP contribution >= 0.6 is 0 Å². The quantitative estimate of drug-likeness (QED) is 0.751. The number of benzene rings is 2. The summed E-state index contributed by atoms with van der Waals surface area (Å²) in [5.74, 6) is -0.627. The maximum Gasteiger partial charge on any atom is 0.205 e. The molecule has 26 heavy (non-hydrogen) atoms. The van der Waals surface area contributed by atoms with Gasteiger partial charge >= 0.3 is 0 Å². The van der Waals surface area contributed by atoms with Gasteiger partial charge in [0.05, 0.1) is 7.11 Å². The zero-order chi connectivity index (χ0) is 19.0. The lowest BCUT2D eigenvalue weighted by molar-refractivity contribution is 0.232. The van der Waals surface area contributed by atoms with Gasteiger partial charge in [-0.25, -0.2) is 17.2 Å². The molecule has 1 aliphatic rings. The first-order valence-electron chi connectivity index (χ1n) is 7.91. The SMILES string of the molecule is COc1ccc(C2(S(C)(=O)=O)C=CC(F)(c3ccccc3)C(F)=C2)cc1. The van der Waals surface area contributed by atoms with Crippen molar-refractivity contribution in [2.24, 2.45) is 0 Å². The van der Waals surface area contributed by atoms with E-state index in [2.05, 4.69) is 0 Å². The van der Waals surface area contributed by atoms with Crippen molar-refractivity contribution in [3.05, 3.63) is 89.8 Å². The minimum absolute atomic E-state index is 0.0989. The van der Waals surface area contributed by atoms with Crippen molar-refractivity contribution in [2.45, 2.75) is 10.4 Å². The topological polar surface area (TPSA) is 43.4 Å². The van der Waals surface area contributed by atoms with Crippen molar-refractivity contribution < 1.29 is 21.9 Å². The normalized spacial score (nSPS) is 25.6. The fraction of sp³-hybridized carbons (Fsp3) is 0.200. The summed E-state index contributed by atoms with van der Waals surface area (Å²) < 4.78 is 58.6. The highest BCUT2D eigenvalue weighted by molar-refractivity contribution is 7.92. The third kappa shape index (κ3) is 2.84. The van der Waals surface area contributed by atoms with E-state index < -0.39 is 26.1 Å². The summed E-state index contributed by atoms with van der Waals surface area (Å²) in [6.45, 7) is 0. The number of hydrogen-bond acceptors (Lipinski definition) is 3. The van der Waals surface area contributed by atoms with Crippen LogP contribution in [0.2, 0.25) is 0 Å². The molecule has 3 nitrogen and oxygen atoms in total. The zero-order valence-electron chi connectivity index (χ0n) is 14.3. The fourth-order valence-corrected chi connectivity index (χ4v) is 4.25. The van der Waals surface area contributed by atoms with E-state index in [1.54, 1.807) is 30.3 Å². The molecule has 0 bridgehead atoms. The number of hydrogen-bond donors (Lipinski definition) is 0. The van der Waals surface area contributed by atoms with Crippen molar-refractivity contribution in [3.63, 3.8) is 0 Å². The van der Waals surface area contributed by atoms with Gasteiger partial charge in [0.15, 0.2) is 9.84 Å². The Morgan fingerprint density at radius 3 is 2.04 bits per heavy atom. The minimum atomic E-state index is -3.84. The molecule has 1 aliphatic carbocycles. The third-order valence-electron chi connectivity index (χ3n) is 4.60. The van der Waals surface area contributed by atoms with Crippen molar-refractivity contribution in [1.82, 2.24) is 0 Å². The summed E-state index contributed by atoms with van der Waals surface area (Å²) >= 11 is 0. The molecule has 0 spiro atoms.